The van der Waals surface area contributed by atoms with Crippen LogP contribution in [0.5, 0.6) is 0 Å². The molecule has 0 saturated carbocycles. The molecule has 0 aliphatic carbocycles. The molecule has 6 heteroatoms. The number of fused-ring (bicyclic) bond motifs is 12. The fraction of sp³-hybridized carbons (Fsp3) is 0.0952. The van der Waals surface area contributed by atoms with Gasteiger partial charge in [-0.2, -0.15) is 5.26 Å². The second kappa shape index (κ2) is 15.7. The summed E-state index contributed by atoms with van der Waals surface area (Å²) in [6.07, 6.45) is 0. The number of nitrogens with one attached hydrogen (secondary N) is 1. The lowest BCUT2D eigenvalue weighted by Crippen LogP contribution is -2.10. The molecule has 0 unspecified atom stereocenters. The number of hydrogen-bond acceptors (Lipinski definition) is 5. The zero-order valence-electron chi connectivity index (χ0n) is 38.7. The fourth-order valence-electron chi connectivity index (χ4n) is 10.5. The number of nitriles is 1. The van der Waals surface area contributed by atoms with Crippen molar-refractivity contribution in [2.45, 2.75) is 39.5 Å². The lowest BCUT2D eigenvalue weighted by molar-refractivity contribution is 0.662. The summed E-state index contributed by atoms with van der Waals surface area (Å²) in [5.74, 6) is 0.894. The third-order valence-corrected chi connectivity index (χ3v) is 14.1. The molecule has 0 fully saturated rings. The van der Waals surface area contributed by atoms with Gasteiger partial charge < -0.3 is 23.6 Å². The molecule has 0 aliphatic heterocycles. The standard InChI is InChI=1S/C63H46N4O2/c1-37(2)39-14-20-46(21-15-39)65-47-22-16-41-31-56-60(33-43(41)28-47)68-62-45(36-64)32-55-54-30-42-19-25-50(29-44(42)34-59(54)69-63(55)61(56)62)66(49-23-17-40(18-24-49)38(3)4)51-26-27-58-53(35-51)52-12-8-9-13-57(52)67(58)48-10-6-5-7-11-48/h5-35,37-38,65H,1-4H3. The molecule has 13 rings (SSSR count). The van der Waals surface area contributed by atoms with Gasteiger partial charge in [-0.3, -0.25) is 0 Å². The van der Waals surface area contributed by atoms with Gasteiger partial charge in [-0.15, -0.1) is 0 Å². The Hall–Kier alpha value is -8.79. The van der Waals surface area contributed by atoms with Gasteiger partial charge in [0.1, 0.15) is 22.8 Å². The van der Waals surface area contributed by atoms with E-state index in [0.29, 0.717) is 34.1 Å². The van der Waals surface area contributed by atoms with Gasteiger partial charge in [0.25, 0.3) is 0 Å². The number of aromatic nitrogens is 1. The van der Waals surface area contributed by atoms with E-state index in [2.05, 4.69) is 231 Å². The zero-order chi connectivity index (χ0) is 46.5. The number of nitrogens with zero attached hydrogens (tertiary/aromatic N) is 3. The number of rotatable bonds is 8. The van der Waals surface area contributed by atoms with Crippen LogP contribution in [0.4, 0.5) is 28.4 Å². The first-order valence-corrected chi connectivity index (χ1v) is 23.8. The van der Waals surface area contributed by atoms with Crippen LogP contribution in [0.3, 0.4) is 0 Å². The fourth-order valence-corrected chi connectivity index (χ4v) is 10.5. The van der Waals surface area contributed by atoms with E-state index in [1.54, 1.807) is 0 Å². The van der Waals surface area contributed by atoms with E-state index in [9.17, 15) is 5.26 Å². The molecule has 3 heterocycles. The maximum absolute atomic E-state index is 10.5. The van der Waals surface area contributed by atoms with E-state index in [0.717, 1.165) is 88.3 Å². The predicted octanol–water partition coefficient (Wildman–Crippen LogP) is 18.2. The Kier molecular flexibility index (Phi) is 9.18. The Morgan fingerprint density at radius 3 is 1.81 bits per heavy atom. The van der Waals surface area contributed by atoms with Gasteiger partial charge in [0, 0.05) is 61.1 Å². The molecule has 0 bridgehead atoms. The van der Waals surface area contributed by atoms with E-state index < -0.39 is 0 Å². The van der Waals surface area contributed by atoms with Crippen molar-refractivity contribution in [2.75, 3.05) is 10.2 Å². The SMILES string of the molecule is CC(C)c1ccc(Nc2ccc3cc4c(cc3c2)oc2c(C#N)cc3c5cc6ccc(N(c7ccc(C(C)C)cc7)c7ccc8c(c7)c7ccccc7n8-c7ccccc7)cc6cc5oc3c24)cc1. The lowest BCUT2D eigenvalue weighted by atomic mass is 10.0. The summed E-state index contributed by atoms with van der Waals surface area (Å²) in [7, 11) is 0. The third kappa shape index (κ3) is 6.61. The predicted molar refractivity (Wildman–Crippen MR) is 288 cm³/mol. The van der Waals surface area contributed by atoms with Crippen LogP contribution in [0.2, 0.25) is 0 Å². The Balaban J connectivity index is 0.939. The molecule has 13 aromatic rings. The molecule has 0 saturated heterocycles. The highest BCUT2D eigenvalue weighted by Crippen LogP contribution is 2.45. The molecule has 10 aromatic carbocycles. The normalized spacial score (nSPS) is 12.0. The van der Waals surface area contributed by atoms with Crippen molar-refractivity contribution in [3.05, 3.63) is 205 Å². The van der Waals surface area contributed by atoms with Gasteiger partial charge in [-0.25, -0.2) is 0 Å². The highest BCUT2D eigenvalue weighted by molar-refractivity contribution is 6.25. The summed E-state index contributed by atoms with van der Waals surface area (Å²) in [5, 5.41) is 24.3. The van der Waals surface area contributed by atoms with E-state index in [1.165, 1.54) is 27.4 Å². The van der Waals surface area contributed by atoms with Crippen molar-refractivity contribution >= 4 is 116 Å². The van der Waals surface area contributed by atoms with Crippen LogP contribution in [0.1, 0.15) is 56.2 Å². The summed E-state index contributed by atoms with van der Waals surface area (Å²) in [4.78, 5) is 2.36. The van der Waals surface area contributed by atoms with Crippen LogP contribution in [-0.4, -0.2) is 4.57 Å². The number of furan rings is 2. The summed E-state index contributed by atoms with van der Waals surface area (Å²) in [6, 6.07) is 69.6. The van der Waals surface area contributed by atoms with Crippen molar-refractivity contribution in [1.82, 2.24) is 4.57 Å². The largest absolute Gasteiger partial charge is 0.455 e. The first-order chi connectivity index (χ1) is 33.8. The lowest BCUT2D eigenvalue weighted by Gasteiger charge is -2.26. The average molecular weight is 891 g/mol. The average Bonchev–Trinajstić information content (AvgIpc) is 4.04. The van der Waals surface area contributed by atoms with Crippen molar-refractivity contribution in [3.63, 3.8) is 0 Å². The third-order valence-electron chi connectivity index (χ3n) is 14.1. The molecule has 1 N–H and O–H groups in total. The Bertz CT molecular complexity index is 4220. The van der Waals surface area contributed by atoms with Gasteiger partial charge in [0.15, 0.2) is 5.58 Å². The monoisotopic (exact) mass is 890 g/mol. The van der Waals surface area contributed by atoms with Crippen LogP contribution >= 0.6 is 0 Å². The number of para-hydroxylation sites is 2. The minimum absolute atomic E-state index is 0.416. The Labute approximate surface area is 398 Å². The second-order valence-corrected chi connectivity index (χ2v) is 19.0. The molecule has 0 radical (unpaired) electrons. The first-order valence-electron chi connectivity index (χ1n) is 23.8. The summed E-state index contributed by atoms with van der Waals surface area (Å²) >= 11 is 0. The van der Waals surface area contributed by atoms with Crippen molar-refractivity contribution in [1.29, 1.82) is 5.26 Å². The van der Waals surface area contributed by atoms with E-state index in [-0.39, 0.29) is 0 Å². The molecule has 330 valence electrons. The van der Waals surface area contributed by atoms with Crippen LogP contribution < -0.4 is 10.2 Å². The highest BCUT2D eigenvalue weighted by atomic mass is 16.3. The van der Waals surface area contributed by atoms with Gasteiger partial charge in [-0.05, 0) is 160 Å². The van der Waals surface area contributed by atoms with Gasteiger partial charge >= 0.3 is 0 Å². The molecule has 6 nitrogen and oxygen atoms in total. The van der Waals surface area contributed by atoms with Crippen LogP contribution in [0.25, 0.3) is 92.9 Å². The summed E-state index contributed by atoms with van der Waals surface area (Å²) in [5.41, 5.74) is 14.4. The van der Waals surface area contributed by atoms with Gasteiger partial charge in [-0.1, -0.05) is 100 Å². The molecular weight excluding hydrogens is 845 g/mol. The van der Waals surface area contributed by atoms with Crippen LogP contribution in [0, 0.1) is 11.3 Å². The molecule has 0 atom stereocenters. The van der Waals surface area contributed by atoms with E-state index in [1.807, 2.05) is 6.07 Å². The quantitative estimate of drug-likeness (QED) is 0.165. The first kappa shape index (κ1) is 40.5. The maximum atomic E-state index is 10.5. The van der Waals surface area contributed by atoms with Gasteiger partial charge in [0.2, 0.25) is 0 Å². The van der Waals surface area contributed by atoms with E-state index >= 15 is 0 Å². The molecule has 0 amide bonds. The molecule has 0 spiro atoms. The smallest absolute Gasteiger partial charge is 0.156 e. The zero-order valence-corrected chi connectivity index (χ0v) is 38.7. The van der Waals surface area contributed by atoms with Crippen LogP contribution in [-0.2, 0) is 0 Å². The topological polar surface area (TPSA) is 70.3 Å². The highest BCUT2D eigenvalue weighted by Gasteiger charge is 2.23. The molecular formula is C63H46N4O2. The van der Waals surface area contributed by atoms with E-state index in [4.69, 9.17) is 8.83 Å². The summed E-state index contributed by atoms with van der Waals surface area (Å²) in [6.45, 7) is 8.88. The number of anilines is 5. The number of hydrogen-bond donors (Lipinski definition) is 1. The molecule has 0 aliphatic rings. The van der Waals surface area contributed by atoms with Crippen LogP contribution in [0.15, 0.2) is 197 Å². The Morgan fingerprint density at radius 1 is 0.464 bits per heavy atom. The van der Waals surface area contributed by atoms with Crippen molar-refractivity contribution in [2.24, 2.45) is 0 Å². The Morgan fingerprint density at radius 2 is 1.06 bits per heavy atom. The second-order valence-electron chi connectivity index (χ2n) is 19.0. The summed E-state index contributed by atoms with van der Waals surface area (Å²) < 4.78 is 15.8. The maximum Gasteiger partial charge on any atom is 0.156 e. The van der Waals surface area contributed by atoms with Crippen molar-refractivity contribution < 1.29 is 8.83 Å². The number of benzene rings is 10. The van der Waals surface area contributed by atoms with Crippen molar-refractivity contribution in [3.8, 4) is 11.8 Å². The minimum Gasteiger partial charge on any atom is -0.455 e. The van der Waals surface area contributed by atoms with Gasteiger partial charge in [0.05, 0.1) is 22.0 Å². The molecule has 3 aromatic heterocycles. The minimum atomic E-state index is 0.416. The molecule has 69 heavy (non-hydrogen) atoms.